The number of rotatable bonds is 9. The highest BCUT2D eigenvalue weighted by atomic mass is 16.5. The number of nitrogens with one attached hydrogen (secondary N) is 1. The van der Waals surface area contributed by atoms with Crippen molar-refractivity contribution in [1.82, 2.24) is 5.32 Å². The van der Waals surface area contributed by atoms with E-state index in [1.165, 1.54) is 5.56 Å². The van der Waals surface area contributed by atoms with Gasteiger partial charge in [-0.1, -0.05) is 13.0 Å². The minimum absolute atomic E-state index is 0.231. The Morgan fingerprint density at radius 1 is 1.20 bits per heavy atom. The van der Waals surface area contributed by atoms with E-state index >= 15 is 0 Å². The van der Waals surface area contributed by atoms with Gasteiger partial charge in [0.05, 0.1) is 14.2 Å². The molecule has 0 aliphatic heterocycles. The van der Waals surface area contributed by atoms with Crippen LogP contribution in [0, 0.1) is 0 Å². The molecule has 0 aromatic heterocycles. The molecule has 114 valence electrons. The van der Waals surface area contributed by atoms with Crippen LogP contribution in [-0.2, 0) is 6.42 Å². The van der Waals surface area contributed by atoms with Crippen molar-refractivity contribution in [1.29, 1.82) is 0 Å². The van der Waals surface area contributed by atoms with Crippen LogP contribution in [0.1, 0.15) is 32.3 Å². The van der Waals surface area contributed by atoms with Crippen LogP contribution in [0.2, 0.25) is 0 Å². The highest BCUT2D eigenvalue weighted by Crippen LogP contribution is 2.28. The monoisotopic (exact) mass is 281 g/mol. The van der Waals surface area contributed by atoms with E-state index in [0.29, 0.717) is 12.1 Å². The predicted octanol–water partition coefficient (Wildman–Crippen LogP) is 2.39. The van der Waals surface area contributed by atoms with Crippen LogP contribution in [-0.4, -0.2) is 38.0 Å². The molecule has 4 nitrogen and oxygen atoms in total. The Bertz CT molecular complexity index is 395. The molecule has 1 aromatic rings. The highest BCUT2D eigenvalue weighted by molar-refractivity contribution is 5.43. The van der Waals surface area contributed by atoms with Gasteiger partial charge in [0, 0.05) is 18.7 Å². The molecule has 0 spiro atoms. The Labute approximate surface area is 122 Å². The molecule has 0 radical (unpaired) electrons. The summed E-state index contributed by atoms with van der Waals surface area (Å²) in [6.07, 6.45) is 2.74. The third-order valence-electron chi connectivity index (χ3n) is 3.48. The van der Waals surface area contributed by atoms with Crippen LogP contribution in [0.3, 0.4) is 0 Å². The van der Waals surface area contributed by atoms with Gasteiger partial charge in [-0.3, -0.25) is 0 Å². The molecule has 1 aromatic carbocycles. The molecule has 0 bridgehead atoms. The number of methoxy groups -OCH3 is 2. The molecular weight excluding hydrogens is 254 g/mol. The molecule has 0 saturated heterocycles. The quantitative estimate of drug-likeness (QED) is 0.730. The van der Waals surface area contributed by atoms with Crippen molar-refractivity contribution in [3.8, 4) is 11.5 Å². The zero-order chi connectivity index (χ0) is 15.0. The van der Waals surface area contributed by atoms with E-state index in [1.807, 2.05) is 12.1 Å². The van der Waals surface area contributed by atoms with Crippen LogP contribution >= 0.6 is 0 Å². The average molecular weight is 281 g/mol. The second-order valence-corrected chi connectivity index (χ2v) is 5.08. The Kier molecular flexibility index (Phi) is 7.41. The van der Waals surface area contributed by atoms with E-state index < -0.39 is 0 Å². The number of ether oxygens (including phenoxy) is 2. The summed E-state index contributed by atoms with van der Waals surface area (Å²) in [4.78, 5) is 0. The smallest absolute Gasteiger partial charge is 0.160 e. The summed E-state index contributed by atoms with van der Waals surface area (Å²) in [5.74, 6) is 1.52. The van der Waals surface area contributed by atoms with E-state index in [9.17, 15) is 0 Å². The van der Waals surface area contributed by atoms with Crippen molar-refractivity contribution in [2.45, 2.75) is 45.2 Å². The SMILES string of the molecule is CCC(CCO)NC(C)Cc1ccc(OC)c(OC)c1. The minimum atomic E-state index is 0.231. The molecular formula is C16H27NO3. The van der Waals surface area contributed by atoms with Gasteiger partial charge < -0.3 is 19.9 Å². The molecule has 2 unspecified atom stereocenters. The van der Waals surface area contributed by atoms with Gasteiger partial charge in [0.15, 0.2) is 11.5 Å². The Morgan fingerprint density at radius 2 is 1.90 bits per heavy atom. The number of benzene rings is 1. The topological polar surface area (TPSA) is 50.7 Å². The summed E-state index contributed by atoms with van der Waals surface area (Å²) < 4.78 is 10.6. The highest BCUT2D eigenvalue weighted by Gasteiger charge is 2.12. The van der Waals surface area contributed by atoms with Gasteiger partial charge >= 0.3 is 0 Å². The van der Waals surface area contributed by atoms with Crippen LogP contribution < -0.4 is 14.8 Å². The van der Waals surface area contributed by atoms with Crippen molar-refractivity contribution >= 4 is 0 Å². The maximum atomic E-state index is 9.03. The zero-order valence-electron chi connectivity index (χ0n) is 13.0. The Balaban J connectivity index is 2.63. The first-order valence-electron chi connectivity index (χ1n) is 7.22. The number of aliphatic hydroxyl groups excluding tert-OH is 1. The predicted molar refractivity (Wildman–Crippen MR) is 81.6 cm³/mol. The van der Waals surface area contributed by atoms with Gasteiger partial charge in [-0.25, -0.2) is 0 Å². The van der Waals surface area contributed by atoms with E-state index in [2.05, 4.69) is 25.2 Å². The van der Waals surface area contributed by atoms with Crippen molar-refractivity contribution < 1.29 is 14.6 Å². The fourth-order valence-electron chi connectivity index (χ4n) is 2.38. The summed E-state index contributed by atoms with van der Waals surface area (Å²) in [6, 6.07) is 6.74. The molecule has 0 aliphatic rings. The third kappa shape index (κ3) is 5.02. The Hall–Kier alpha value is -1.26. The van der Waals surface area contributed by atoms with Crippen LogP contribution in [0.25, 0.3) is 0 Å². The molecule has 1 rings (SSSR count). The summed E-state index contributed by atoms with van der Waals surface area (Å²) in [5, 5.41) is 12.6. The van der Waals surface area contributed by atoms with Crippen molar-refractivity contribution in [2.24, 2.45) is 0 Å². The number of hydrogen-bond acceptors (Lipinski definition) is 4. The lowest BCUT2D eigenvalue weighted by Gasteiger charge is -2.22. The number of aliphatic hydroxyl groups is 1. The van der Waals surface area contributed by atoms with E-state index in [4.69, 9.17) is 14.6 Å². The van der Waals surface area contributed by atoms with Gasteiger partial charge in [-0.15, -0.1) is 0 Å². The molecule has 20 heavy (non-hydrogen) atoms. The summed E-state index contributed by atoms with van der Waals surface area (Å²) >= 11 is 0. The number of hydrogen-bond donors (Lipinski definition) is 2. The summed E-state index contributed by atoms with van der Waals surface area (Å²) in [7, 11) is 3.29. The second-order valence-electron chi connectivity index (χ2n) is 5.08. The average Bonchev–Trinajstić information content (AvgIpc) is 2.46. The fraction of sp³-hybridized carbons (Fsp3) is 0.625. The van der Waals surface area contributed by atoms with Crippen molar-refractivity contribution in [2.75, 3.05) is 20.8 Å². The fourth-order valence-corrected chi connectivity index (χ4v) is 2.38. The molecule has 0 fully saturated rings. The van der Waals surface area contributed by atoms with Gasteiger partial charge in [0.25, 0.3) is 0 Å². The molecule has 0 aliphatic carbocycles. The third-order valence-corrected chi connectivity index (χ3v) is 3.48. The molecule has 2 N–H and O–H groups in total. The standard InChI is InChI=1S/C16H27NO3/c1-5-14(8-9-18)17-12(2)10-13-6-7-15(19-3)16(11-13)20-4/h6-7,11-12,14,17-18H,5,8-10H2,1-4H3. The van der Waals surface area contributed by atoms with Gasteiger partial charge in [-0.05, 0) is 43.9 Å². The molecule has 2 atom stereocenters. The van der Waals surface area contributed by atoms with Gasteiger partial charge in [0.1, 0.15) is 0 Å². The largest absolute Gasteiger partial charge is 0.493 e. The lowest BCUT2D eigenvalue weighted by molar-refractivity contribution is 0.256. The maximum absolute atomic E-state index is 9.03. The van der Waals surface area contributed by atoms with E-state index in [1.54, 1.807) is 14.2 Å². The van der Waals surface area contributed by atoms with Crippen LogP contribution in [0.15, 0.2) is 18.2 Å². The van der Waals surface area contributed by atoms with E-state index in [-0.39, 0.29) is 6.61 Å². The van der Waals surface area contributed by atoms with Crippen molar-refractivity contribution in [3.05, 3.63) is 23.8 Å². The zero-order valence-corrected chi connectivity index (χ0v) is 13.0. The van der Waals surface area contributed by atoms with Crippen LogP contribution in [0.5, 0.6) is 11.5 Å². The van der Waals surface area contributed by atoms with E-state index in [0.717, 1.165) is 30.8 Å². The lowest BCUT2D eigenvalue weighted by Crippen LogP contribution is -2.38. The molecule has 0 amide bonds. The maximum Gasteiger partial charge on any atom is 0.160 e. The Morgan fingerprint density at radius 3 is 2.45 bits per heavy atom. The van der Waals surface area contributed by atoms with Crippen molar-refractivity contribution in [3.63, 3.8) is 0 Å². The minimum Gasteiger partial charge on any atom is -0.493 e. The molecule has 4 heteroatoms. The van der Waals surface area contributed by atoms with Gasteiger partial charge in [0.2, 0.25) is 0 Å². The molecule has 0 saturated carbocycles. The lowest BCUT2D eigenvalue weighted by atomic mass is 10.0. The first kappa shape index (κ1) is 16.8. The second kappa shape index (κ2) is 8.82. The first-order chi connectivity index (χ1) is 9.64. The molecule has 0 heterocycles. The van der Waals surface area contributed by atoms with Crippen LogP contribution in [0.4, 0.5) is 0 Å². The summed E-state index contributed by atoms with van der Waals surface area (Å²) in [5.41, 5.74) is 1.21. The van der Waals surface area contributed by atoms with Gasteiger partial charge in [-0.2, -0.15) is 0 Å². The normalized spacial score (nSPS) is 13.8. The summed E-state index contributed by atoms with van der Waals surface area (Å²) in [6.45, 7) is 4.53. The first-order valence-corrected chi connectivity index (χ1v) is 7.22.